The predicted octanol–water partition coefficient (Wildman–Crippen LogP) is 5.05. The Hall–Kier alpha value is -1.49. The van der Waals surface area contributed by atoms with Gasteiger partial charge in [0.25, 0.3) is 0 Å². The normalized spacial score (nSPS) is 12.8. The maximum Gasteiger partial charge on any atom is 0.306 e. The minimum Gasteiger partial charge on any atom is -0.543 e. The number of ether oxygens (including phenoxy) is 1. The molecule has 0 atom stereocenters. The summed E-state index contributed by atoms with van der Waals surface area (Å²) < 4.78 is 11.6. The van der Waals surface area contributed by atoms with E-state index in [4.69, 9.17) is 9.16 Å². The van der Waals surface area contributed by atoms with E-state index in [1.807, 2.05) is 26.8 Å². The second kappa shape index (κ2) is 7.17. The average Bonchev–Trinajstić information content (AvgIpc) is 2.35. The van der Waals surface area contributed by atoms with Crippen molar-refractivity contribution >= 4 is 14.3 Å². The molecular formula is C19H32O4Si. The van der Waals surface area contributed by atoms with Crippen LogP contribution in [-0.4, -0.2) is 25.0 Å². The van der Waals surface area contributed by atoms with Crippen LogP contribution >= 0.6 is 0 Å². The summed E-state index contributed by atoms with van der Waals surface area (Å²) in [6.45, 7) is 16.4. The Kier molecular flexibility index (Phi) is 6.14. The monoisotopic (exact) mass is 352 g/mol. The molecule has 1 aromatic carbocycles. The van der Waals surface area contributed by atoms with E-state index in [1.54, 1.807) is 12.1 Å². The van der Waals surface area contributed by atoms with Gasteiger partial charge in [0.1, 0.15) is 17.1 Å². The molecule has 1 N–H and O–H groups in total. The number of aryl methyl sites for hydroxylation is 1. The minimum absolute atomic E-state index is 0.0988. The van der Waals surface area contributed by atoms with Gasteiger partial charge in [0.2, 0.25) is 8.32 Å². The number of aromatic hydroxyl groups is 1. The van der Waals surface area contributed by atoms with Gasteiger partial charge >= 0.3 is 5.97 Å². The van der Waals surface area contributed by atoms with Gasteiger partial charge in [-0.25, -0.2) is 0 Å². The molecule has 24 heavy (non-hydrogen) atoms. The van der Waals surface area contributed by atoms with Crippen LogP contribution < -0.4 is 4.43 Å². The molecule has 0 fully saturated rings. The molecule has 0 aliphatic carbocycles. The molecule has 0 unspecified atom stereocenters. The maximum atomic E-state index is 11.9. The number of benzene rings is 1. The van der Waals surface area contributed by atoms with E-state index in [9.17, 15) is 9.90 Å². The molecule has 0 amide bonds. The fraction of sp³-hybridized carbons (Fsp3) is 0.632. The minimum atomic E-state index is -1.94. The highest BCUT2D eigenvalue weighted by Gasteiger charge is 2.39. The van der Waals surface area contributed by atoms with Gasteiger partial charge in [-0.1, -0.05) is 20.8 Å². The molecule has 5 heteroatoms. The van der Waals surface area contributed by atoms with Gasteiger partial charge in [-0.05, 0) is 69.1 Å². The second-order valence-corrected chi connectivity index (χ2v) is 13.5. The molecule has 0 spiro atoms. The number of carbonyl (C=O) groups excluding carboxylic acids is 1. The number of rotatable bonds is 5. The standard InChI is InChI=1S/C19H32O4Si/c1-18(2,3)22-17(21)12-9-14-13-15(10-11-16(14)20)23-24(7,8)19(4,5)6/h10-11,13,20H,9,12H2,1-8H3. The first-order chi connectivity index (χ1) is 10.7. The summed E-state index contributed by atoms with van der Waals surface area (Å²) in [5.41, 5.74) is 0.212. The highest BCUT2D eigenvalue weighted by molar-refractivity contribution is 6.74. The van der Waals surface area contributed by atoms with Crippen LogP contribution in [0.2, 0.25) is 18.1 Å². The van der Waals surface area contributed by atoms with Gasteiger partial charge in [-0.2, -0.15) is 0 Å². The Balaban J connectivity index is 2.82. The number of phenols is 1. The molecule has 0 saturated heterocycles. The average molecular weight is 353 g/mol. The van der Waals surface area contributed by atoms with Crippen LogP contribution in [0.25, 0.3) is 0 Å². The molecule has 0 aliphatic heterocycles. The lowest BCUT2D eigenvalue weighted by molar-refractivity contribution is -0.154. The van der Waals surface area contributed by atoms with E-state index in [2.05, 4.69) is 33.9 Å². The van der Waals surface area contributed by atoms with Crippen molar-refractivity contribution in [2.45, 2.75) is 78.1 Å². The molecule has 0 heterocycles. The fourth-order valence-electron chi connectivity index (χ4n) is 1.90. The Morgan fingerprint density at radius 1 is 1.12 bits per heavy atom. The van der Waals surface area contributed by atoms with Gasteiger partial charge in [-0.15, -0.1) is 0 Å². The van der Waals surface area contributed by atoms with E-state index in [1.165, 1.54) is 0 Å². The van der Waals surface area contributed by atoms with Crippen molar-refractivity contribution in [1.29, 1.82) is 0 Å². The largest absolute Gasteiger partial charge is 0.543 e. The van der Waals surface area contributed by atoms with E-state index >= 15 is 0 Å². The van der Waals surface area contributed by atoms with Crippen LogP contribution in [0.4, 0.5) is 0 Å². The molecule has 0 aliphatic rings. The van der Waals surface area contributed by atoms with Crippen molar-refractivity contribution in [1.82, 2.24) is 0 Å². The molecule has 1 aromatic rings. The van der Waals surface area contributed by atoms with Crippen LogP contribution in [0.1, 0.15) is 53.5 Å². The van der Waals surface area contributed by atoms with Crippen molar-refractivity contribution in [3.05, 3.63) is 23.8 Å². The van der Waals surface area contributed by atoms with Crippen molar-refractivity contribution in [2.24, 2.45) is 0 Å². The summed E-state index contributed by atoms with van der Waals surface area (Å²) in [7, 11) is -1.94. The van der Waals surface area contributed by atoms with Crippen molar-refractivity contribution in [3.63, 3.8) is 0 Å². The van der Waals surface area contributed by atoms with Crippen LogP contribution in [0.15, 0.2) is 18.2 Å². The van der Waals surface area contributed by atoms with Crippen molar-refractivity contribution in [3.8, 4) is 11.5 Å². The summed E-state index contributed by atoms with van der Waals surface area (Å²) >= 11 is 0. The van der Waals surface area contributed by atoms with Gasteiger partial charge in [0.15, 0.2) is 0 Å². The zero-order valence-electron chi connectivity index (χ0n) is 16.3. The Labute approximate surface area is 147 Å². The summed E-state index contributed by atoms with van der Waals surface area (Å²) in [4.78, 5) is 11.9. The molecular weight excluding hydrogens is 320 g/mol. The van der Waals surface area contributed by atoms with Crippen LogP contribution in [0.3, 0.4) is 0 Å². The highest BCUT2D eigenvalue weighted by Crippen LogP contribution is 2.38. The fourth-order valence-corrected chi connectivity index (χ4v) is 2.93. The SMILES string of the molecule is CC(C)(C)OC(=O)CCc1cc(O[Si](C)(C)C(C)(C)C)ccc1O. The summed E-state index contributed by atoms with van der Waals surface area (Å²) in [5, 5.41) is 10.1. The molecule has 0 radical (unpaired) electrons. The topological polar surface area (TPSA) is 55.8 Å². The van der Waals surface area contributed by atoms with E-state index in [-0.39, 0.29) is 23.2 Å². The summed E-state index contributed by atoms with van der Waals surface area (Å²) in [6, 6.07) is 5.25. The van der Waals surface area contributed by atoms with Gasteiger partial charge < -0.3 is 14.3 Å². The maximum absolute atomic E-state index is 11.9. The van der Waals surface area contributed by atoms with Crippen LogP contribution in [0, 0.1) is 0 Å². The second-order valence-electron chi connectivity index (χ2n) is 8.74. The number of hydrogen-bond donors (Lipinski definition) is 1. The number of esters is 1. The van der Waals surface area contributed by atoms with Crippen molar-refractivity contribution in [2.75, 3.05) is 0 Å². The molecule has 1 rings (SSSR count). The Morgan fingerprint density at radius 3 is 2.21 bits per heavy atom. The first kappa shape index (κ1) is 20.6. The molecule has 0 saturated carbocycles. The molecule has 0 bridgehead atoms. The Morgan fingerprint density at radius 2 is 1.71 bits per heavy atom. The lowest BCUT2D eigenvalue weighted by Gasteiger charge is -2.36. The van der Waals surface area contributed by atoms with Crippen molar-refractivity contribution < 1.29 is 19.1 Å². The van der Waals surface area contributed by atoms with Gasteiger partial charge in [-0.3, -0.25) is 4.79 Å². The summed E-state index contributed by atoms with van der Waals surface area (Å²) in [6.07, 6.45) is 0.657. The van der Waals surface area contributed by atoms with Gasteiger partial charge in [0.05, 0.1) is 0 Å². The van der Waals surface area contributed by atoms with Crippen LogP contribution in [0.5, 0.6) is 11.5 Å². The third-order valence-corrected chi connectivity index (χ3v) is 8.61. The number of phenolic OH excluding ortho intramolecular Hbond substituents is 1. The molecule has 4 nitrogen and oxygen atoms in total. The summed E-state index contributed by atoms with van der Waals surface area (Å²) in [5.74, 6) is 0.664. The quantitative estimate of drug-likeness (QED) is 0.595. The smallest absolute Gasteiger partial charge is 0.306 e. The zero-order valence-corrected chi connectivity index (χ0v) is 17.3. The third kappa shape index (κ3) is 6.19. The third-order valence-electron chi connectivity index (χ3n) is 4.25. The lowest BCUT2D eigenvalue weighted by Crippen LogP contribution is -2.43. The van der Waals surface area contributed by atoms with Gasteiger partial charge in [0, 0.05) is 6.42 Å². The lowest BCUT2D eigenvalue weighted by atomic mass is 10.1. The molecule has 0 aromatic heterocycles. The highest BCUT2D eigenvalue weighted by atomic mass is 28.4. The van der Waals surface area contributed by atoms with E-state index < -0.39 is 13.9 Å². The first-order valence-electron chi connectivity index (χ1n) is 8.44. The van der Waals surface area contributed by atoms with E-state index in [0.717, 1.165) is 5.75 Å². The zero-order chi connectivity index (χ0) is 18.8. The number of carbonyl (C=O) groups is 1. The number of hydrogen-bond acceptors (Lipinski definition) is 4. The Bertz CT molecular complexity index is 580. The van der Waals surface area contributed by atoms with Crippen LogP contribution in [-0.2, 0) is 16.0 Å². The molecule has 136 valence electrons. The first-order valence-corrected chi connectivity index (χ1v) is 11.3. The predicted molar refractivity (Wildman–Crippen MR) is 100 cm³/mol. The van der Waals surface area contributed by atoms with E-state index in [0.29, 0.717) is 12.0 Å².